The number of aromatic nitrogens is 1. The Morgan fingerprint density at radius 3 is 2.82 bits per heavy atom. The Morgan fingerprint density at radius 2 is 2.06 bits per heavy atom. The van der Waals surface area contributed by atoms with Gasteiger partial charge in [-0.05, 0) is 49.4 Å². The third-order valence-corrected chi connectivity index (χ3v) is 7.84. The first kappa shape index (κ1) is 22.7. The molecule has 2 aliphatic rings. The number of benzene rings is 1. The molecule has 2 aliphatic heterocycles. The summed E-state index contributed by atoms with van der Waals surface area (Å²) in [5.41, 5.74) is 1.02. The zero-order chi connectivity index (χ0) is 23.7. The van der Waals surface area contributed by atoms with Gasteiger partial charge in [0.2, 0.25) is 11.9 Å². The number of likely N-dealkylation sites (tertiary alicyclic amines) is 1. The molecule has 0 saturated carbocycles. The summed E-state index contributed by atoms with van der Waals surface area (Å²) in [7, 11) is 0. The molecule has 0 bridgehead atoms. The molecule has 0 radical (unpaired) electrons. The number of hydrogen-bond donors (Lipinski definition) is 1. The van der Waals surface area contributed by atoms with Gasteiger partial charge in [-0.3, -0.25) is 24.2 Å². The number of hydrogen-bond acceptors (Lipinski definition) is 8. The third kappa shape index (κ3) is 4.36. The molecule has 2 atom stereocenters. The Hall–Kier alpha value is -3.08. The van der Waals surface area contributed by atoms with E-state index in [0.29, 0.717) is 52.9 Å². The van der Waals surface area contributed by atoms with Crippen LogP contribution in [0.5, 0.6) is 5.75 Å². The predicted molar refractivity (Wildman–Crippen MR) is 129 cm³/mol. The molecule has 5 rings (SSSR count). The molecule has 8 nitrogen and oxygen atoms in total. The molecular weight excluding hydrogens is 474 g/mol. The van der Waals surface area contributed by atoms with Crippen LogP contribution in [0, 0.1) is 0 Å². The number of para-hydroxylation sites is 1. The Morgan fingerprint density at radius 1 is 1.21 bits per heavy atom. The average Bonchev–Trinajstić information content (AvgIpc) is 3.63. The van der Waals surface area contributed by atoms with Crippen LogP contribution in [0.4, 0.5) is 5.13 Å². The van der Waals surface area contributed by atoms with E-state index in [0.717, 1.165) is 13.0 Å². The van der Waals surface area contributed by atoms with E-state index in [9.17, 15) is 19.5 Å². The van der Waals surface area contributed by atoms with E-state index in [1.54, 1.807) is 34.5 Å². The number of fused-ring (bicyclic) bond motifs is 1. The van der Waals surface area contributed by atoms with E-state index in [2.05, 4.69) is 4.98 Å². The molecular formula is C24H23N3O5S2. The summed E-state index contributed by atoms with van der Waals surface area (Å²) in [4.78, 5) is 46.4. The van der Waals surface area contributed by atoms with Crippen molar-refractivity contribution >= 4 is 45.5 Å². The van der Waals surface area contributed by atoms with E-state index < -0.39 is 18.1 Å². The maximum Gasteiger partial charge on any atom is 0.320 e. The summed E-state index contributed by atoms with van der Waals surface area (Å²) in [5, 5.41) is 13.5. The minimum absolute atomic E-state index is 0.141. The first-order chi connectivity index (χ1) is 16.5. The van der Waals surface area contributed by atoms with Gasteiger partial charge in [-0.1, -0.05) is 18.2 Å². The highest BCUT2D eigenvalue weighted by Crippen LogP contribution is 2.38. The number of aliphatic carboxylic acids is 1. The molecule has 0 spiro atoms. The van der Waals surface area contributed by atoms with Crippen molar-refractivity contribution in [2.24, 2.45) is 0 Å². The van der Waals surface area contributed by atoms with Crippen LogP contribution in [0.25, 0.3) is 0 Å². The molecule has 1 amide bonds. The van der Waals surface area contributed by atoms with Crippen LogP contribution in [0.1, 0.15) is 51.1 Å². The summed E-state index contributed by atoms with van der Waals surface area (Å²) >= 11 is 2.66. The van der Waals surface area contributed by atoms with E-state index >= 15 is 0 Å². The molecule has 34 heavy (non-hydrogen) atoms. The Labute approximate surface area is 204 Å². The van der Waals surface area contributed by atoms with Crippen molar-refractivity contribution in [1.29, 1.82) is 0 Å². The monoisotopic (exact) mass is 497 g/mol. The van der Waals surface area contributed by atoms with Gasteiger partial charge in [0.05, 0.1) is 10.4 Å². The van der Waals surface area contributed by atoms with Crippen LogP contribution in [0.3, 0.4) is 0 Å². The number of amides is 1. The number of Topliss-reactive ketones (excluding diaryl/α,β-unsaturated/α-hetero) is 1. The zero-order valence-electron chi connectivity index (χ0n) is 18.3. The van der Waals surface area contributed by atoms with Gasteiger partial charge in [-0.25, -0.2) is 4.98 Å². The van der Waals surface area contributed by atoms with Gasteiger partial charge in [0.15, 0.2) is 5.13 Å². The van der Waals surface area contributed by atoms with Gasteiger partial charge < -0.3 is 9.84 Å². The second-order valence-electron chi connectivity index (χ2n) is 8.23. The lowest BCUT2D eigenvalue weighted by Crippen LogP contribution is -2.39. The van der Waals surface area contributed by atoms with Crippen LogP contribution >= 0.6 is 22.7 Å². The lowest BCUT2D eigenvalue weighted by atomic mass is 10.1. The molecule has 0 aliphatic carbocycles. The van der Waals surface area contributed by atoms with E-state index in [-0.39, 0.29) is 11.7 Å². The van der Waals surface area contributed by atoms with E-state index in [4.69, 9.17) is 4.74 Å². The molecule has 2 aromatic heterocycles. The van der Waals surface area contributed by atoms with Crippen LogP contribution in [0.15, 0.2) is 47.2 Å². The lowest BCUT2D eigenvalue weighted by Gasteiger charge is -2.24. The van der Waals surface area contributed by atoms with Crippen molar-refractivity contribution in [2.75, 3.05) is 24.5 Å². The fourth-order valence-corrected chi connectivity index (χ4v) is 5.97. The van der Waals surface area contributed by atoms with Crippen molar-refractivity contribution in [3.8, 4) is 5.75 Å². The van der Waals surface area contributed by atoms with Crippen molar-refractivity contribution in [3.05, 3.63) is 63.3 Å². The van der Waals surface area contributed by atoms with Gasteiger partial charge in [0.1, 0.15) is 17.5 Å². The molecule has 1 N–H and O–H groups in total. The largest absolute Gasteiger partial charge is 0.480 e. The van der Waals surface area contributed by atoms with Crippen molar-refractivity contribution in [3.63, 3.8) is 0 Å². The van der Waals surface area contributed by atoms with E-state index in [1.807, 2.05) is 22.4 Å². The van der Waals surface area contributed by atoms with Gasteiger partial charge >= 0.3 is 5.97 Å². The smallest absolute Gasteiger partial charge is 0.320 e. The van der Waals surface area contributed by atoms with Crippen LogP contribution in [-0.2, 0) is 4.79 Å². The standard InChI is InChI=1S/C24H23N3O5S2/c28-20-15-6-1-2-8-18(15)32-21(20)16-14-34-24(25-16)27(22(29)19-9-4-13-33-19)12-5-11-26-10-3-7-17(26)23(30)31/h1-2,4,6,8-9,13-14,17,21H,3,5,7,10-12H2,(H,30,31). The lowest BCUT2D eigenvalue weighted by molar-refractivity contribution is -0.142. The fraction of sp³-hybridized carbons (Fsp3) is 0.333. The number of carbonyl (C=O) groups is 3. The van der Waals surface area contributed by atoms with Crippen LogP contribution in [-0.4, -0.2) is 58.3 Å². The maximum atomic E-state index is 13.3. The number of thiophene rings is 1. The summed E-state index contributed by atoms with van der Waals surface area (Å²) in [6.07, 6.45) is 1.31. The number of carbonyl (C=O) groups excluding carboxylic acids is 2. The zero-order valence-corrected chi connectivity index (χ0v) is 19.9. The highest BCUT2D eigenvalue weighted by Gasteiger charge is 2.36. The third-order valence-electron chi connectivity index (χ3n) is 6.10. The minimum atomic E-state index is -0.818. The van der Waals surface area contributed by atoms with E-state index in [1.165, 1.54) is 22.7 Å². The topological polar surface area (TPSA) is 100 Å². The number of ketones is 1. The summed E-state index contributed by atoms with van der Waals surface area (Å²) in [6.45, 7) is 1.73. The number of rotatable bonds is 8. The highest BCUT2D eigenvalue weighted by molar-refractivity contribution is 7.14. The van der Waals surface area contributed by atoms with Crippen LogP contribution < -0.4 is 9.64 Å². The highest BCUT2D eigenvalue weighted by atomic mass is 32.1. The molecule has 4 heterocycles. The van der Waals surface area contributed by atoms with Crippen molar-refractivity contribution in [2.45, 2.75) is 31.4 Å². The fourth-order valence-electron chi connectivity index (χ4n) is 4.43. The number of anilines is 1. The molecule has 176 valence electrons. The predicted octanol–water partition coefficient (Wildman–Crippen LogP) is 4.11. The number of carboxylic acids is 1. The number of carboxylic acid groups (broad SMARTS) is 1. The van der Waals surface area contributed by atoms with Crippen molar-refractivity contribution in [1.82, 2.24) is 9.88 Å². The summed E-state index contributed by atoms with van der Waals surface area (Å²) in [5.74, 6) is -0.556. The Balaban J connectivity index is 1.33. The molecule has 1 saturated heterocycles. The second kappa shape index (κ2) is 9.65. The van der Waals surface area contributed by atoms with Crippen LogP contribution in [0.2, 0.25) is 0 Å². The number of thiazole rings is 1. The van der Waals surface area contributed by atoms with Gasteiger partial charge in [-0.2, -0.15) is 0 Å². The number of ether oxygens (including phenoxy) is 1. The molecule has 1 aromatic carbocycles. The van der Waals surface area contributed by atoms with Crippen molar-refractivity contribution < 1.29 is 24.2 Å². The summed E-state index contributed by atoms with van der Waals surface area (Å²) < 4.78 is 5.84. The first-order valence-electron chi connectivity index (χ1n) is 11.1. The normalized spacial score (nSPS) is 19.7. The minimum Gasteiger partial charge on any atom is -0.480 e. The Bertz CT molecular complexity index is 1210. The van der Waals surface area contributed by atoms with Gasteiger partial charge in [0, 0.05) is 18.5 Å². The molecule has 1 fully saturated rings. The maximum absolute atomic E-state index is 13.3. The SMILES string of the molecule is O=C1c2ccccc2OC1c1csc(N(CCCN2CCCC2C(=O)O)C(=O)c2cccs2)n1. The molecule has 10 heteroatoms. The quantitative estimate of drug-likeness (QED) is 0.500. The summed E-state index contributed by atoms with van der Waals surface area (Å²) in [6, 6.07) is 10.3. The number of nitrogens with zero attached hydrogens (tertiary/aromatic N) is 3. The van der Waals surface area contributed by atoms with Gasteiger partial charge in [-0.15, -0.1) is 22.7 Å². The molecule has 3 aromatic rings. The average molecular weight is 498 g/mol. The Kier molecular flexibility index (Phi) is 6.44. The molecule has 2 unspecified atom stereocenters. The first-order valence-corrected chi connectivity index (χ1v) is 12.9. The van der Waals surface area contributed by atoms with Gasteiger partial charge in [0.25, 0.3) is 5.91 Å². The second-order valence-corrected chi connectivity index (χ2v) is 10.0.